The maximum atomic E-state index is 12.2. The quantitative estimate of drug-likeness (QED) is 0.849. The average molecular weight is 286 g/mol. The highest BCUT2D eigenvalue weighted by atomic mass is 16.3. The number of anilines is 1. The van der Waals surface area contributed by atoms with Gasteiger partial charge in [-0.15, -0.1) is 0 Å². The van der Waals surface area contributed by atoms with Crippen molar-refractivity contribution in [2.75, 3.05) is 31.1 Å². The zero-order valence-corrected chi connectivity index (χ0v) is 11.8. The van der Waals surface area contributed by atoms with E-state index >= 15 is 0 Å². The Balaban J connectivity index is 1.48. The van der Waals surface area contributed by atoms with E-state index in [9.17, 15) is 4.79 Å². The first-order valence-corrected chi connectivity index (χ1v) is 7.14. The molecule has 0 N–H and O–H groups in total. The Hall–Kier alpha value is -2.37. The van der Waals surface area contributed by atoms with Crippen molar-refractivity contribution in [3.05, 3.63) is 42.7 Å². The molecule has 0 unspecified atom stereocenters. The first-order valence-electron chi connectivity index (χ1n) is 7.14. The Kier molecular flexibility index (Phi) is 4.14. The van der Waals surface area contributed by atoms with Crippen LogP contribution < -0.4 is 4.90 Å². The van der Waals surface area contributed by atoms with E-state index in [1.165, 1.54) is 0 Å². The maximum Gasteiger partial charge on any atom is 0.223 e. The summed E-state index contributed by atoms with van der Waals surface area (Å²) in [5, 5.41) is 0. The molecule has 0 spiro atoms. The number of aryl methyl sites for hydroxylation is 1. The first-order chi connectivity index (χ1) is 10.3. The van der Waals surface area contributed by atoms with Crippen LogP contribution in [-0.4, -0.2) is 47.0 Å². The summed E-state index contributed by atoms with van der Waals surface area (Å²) in [5.74, 6) is 1.92. The van der Waals surface area contributed by atoms with Crippen LogP contribution in [0.5, 0.6) is 0 Å². The lowest BCUT2D eigenvalue weighted by Crippen LogP contribution is -2.49. The SMILES string of the molecule is O=C(CCc1ccco1)N1CCN(c2cnccn2)CC1. The number of furan rings is 1. The second-order valence-corrected chi connectivity index (χ2v) is 5.01. The third-order valence-corrected chi connectivity index (χ3v) is 3.67. The largest absolute Gasteiger partial charge is 0.469 e. The number of piperazine rings is 1. The minimum atomic E-state index is 0.185. The van der Waals surface area contributed by atoms with E-state index in [-0.39, 0.29) is 5.91 Å². The Bertz CT molecular complexity index is 563. The summed E-state index contributed by atoms with van der Waals surface area (Å²) in [6.07, 6.45) is 7.91. The van der Waals surface area contributed by atoms with Gasteiger partial charge in [-0.1, -0.05) is 0 Å². The lowest BCUT2D eigenvalue weighted by atomic mass is 10.2. The van der Waals surface area contributed by atoms with Crippen LogP contribution in [-0.2, 0) is 11.2 Å². The zero-order valence-electron chi connectivity index (χ0n) is 11.8. The van der Waals surface area contributed by atoms with Gasteiger partial charge in [-0.05, 0) is 12.1 Å². The summed E-state index contributed by atoms with van der Waals surface area (Å²) >= 11 is 0. The van der Waals surface area contributed by atoms with E-state index in [0.29, 0.717) is 12.8 Å². The summed E-state index contributed by atoms with van der Waals surface area (Å²) in [4.78, 5) is 24.6. The van der Waals surface area contributed by atoms with Crippen LogP contribution >= 0.6 is 0 Å². The normalized spacial score (nSPS) is 15.2. The van der Waals surface area contributed by atoms with Gasteiger partial charge in [0.15, 0.2) is 0 Å². The first kappa shape index (κ1) is 13.6. The van der Waals surface area contributed by atoms with Gasteiger partial charge in [0.05, 0.1) is 12.5 Å². The molecule has 2 aromatic rings. The second kappa shape index (κ2) is 6.39. The molecule has 1 fully saturated rings. The summed E-state index contributed by atoms with van der Waals surface area (Å²) in [6, 6.07) is 3.75. The molecule has 6 nitrogen and oxygen atoms in total. The molecule has 21 heavy (non-hydrogen) atoms. The Labute approximate surface area is 123 Å². The van der Waals surface area contributed by atoms with Crippen molar-refractivity contribution in [3.8, 4) is 0 Å². The standard InChI is InChI=1S/C15H18N4O2/c20-15(4-3-13-2-1-11-21-13)19-9-7-18(8-10-19)14-12-16-5-6-17-14/h1-2,5-6,11-12H,3-4,7-10H2. The van der Waals surface area contributed by atoms with Gasteiger partial charge in [-0.25, -0.2) is 4.98 Å². The number of aromatic nitrogens is 2. The van der Waals surface area contributed by atoms with Crippen LogP contribution in [0.15, 0.2) is 41.4 Å². The molecule has 0 aromatic carbocycles. The van der Waals surface area contributed by atoms with Gasteiger partial charge in [0.25, 0.3) is 0 Å². The van der Waals surface area contributed by atoms with Crippen LogP contribution in [0.25, 0.3) is 0 Å². The molecule has 2 aromatic heterocycles. The Morgan fingerprint density at radius 2 is 2.10 bits per heavy atom. The highest BCUT2D eigenvalue weighted by Gasteiger charge is 2.21. The molecule has 1 aliphatic heterocycles. The van der Waals surface area contributed by atoms with Gasteiger partial charge in [-0.2, -0.15) is 0 Å². The smallest absolute Gasteiger partial charge is 0.223 e. The zero-order chi connectivity index (χ0) is 14.5. The minimum absolute atomic E-state index is 0.185. The van der Waals surface area contributed by atoms with Gasteiger partial charge in [0, 0.05) is 51.4 Å². The number of hydrogen-bond acceptors (Lipinski definition) is 5. The van der Waals surface area contributed by atoms with Crippen LogP contribution in [0.3, 0.4) is 0 Å². The molecule has 1 amide bonds. The fourth-order valence-corrected chi connectivity index (χ4v) is 2.48. The molecule has 0 atom stereocenters. The van der Waals surface area contributed by atoms with E-state index in [1.807, 2.05) is 17.0 Å². The average Bonchev–Trinajstić information content (AvgIpc) is 3.07. The molecular formula is C15H18N4O2. The fourth-order valence-electron chi connectivity index (χ4n) is 2.48. The van der Waals surface area contributed by atoms with Crippen LogP contribution in [0.1, 0.15) is 12.2 Å². The van der Waals surface area contributed by atoms with Crippen molar-refractivity contribution in [2.24, 2.45) is 0 Å². The van der Waals surface area contributed by atoms with Gasteiger partial charge < -0.3 is 14.2 Å². The molecular weight excluding hydrogens is 268 g/mol. The summed E-state index contributed by atoms with van der Waals surface area (Å²) in [7, 11) is 0. The number of hydrogen-bond donors (Lipinski definition) is 0. The number of carbonyl (C=O) groups is 1. The lowest BCUT2D eigenvalue weighted by molar-refractivity contribution is -0.131. The molecule has 0 aliphatic carbocycles. The van der Waals surface area contributed by atoms with Crippen LogP contribution in [0, 0.1) is 0 Å². The topological polar surface area (TPSA) is 62.5 Å². The molecule has 0 bridgehead atoms. The van der Waals surface area contributed by atoms with Crippen LogP contribution in [0.2, 0.25) is 0 Å². The molecule has 0 radical (unpaired) electrons. The molecule has 0 saturated carbocycles. The Morgan fingerprint density at radius 3 is 2.76 bits per heavy atom. The number of amides is 1. The predicted molar refractivity (Wildman–Crippen MR) is 77.9 cm³/mol. The molecule has 3 heterocycles. The summed E-state index contributed by atoms with van der Waals surface area (Å²) in [5.41, 5.74) is 0. The monoisotopic (exact) mass is 286 g/mol. The van der Waals surface area contributed by atoms with Crippen molar-refractivity contribution < 1.29 is 9.21 Å². The van der Waals surface area contributed by atoms with E-state index in [1.54, 1.807) is 24.9 Å². The molecule has 6 heteroatoms. The number of carbonyl (C=O) groups excluding carboxylic acids is 1. The summed E-state index contributed by atoms with van der Waals surface area (Å²) < 4.78 is 5.25. The highest BCUT2D eigenvalue weighted by molar-refractivity contribution is 5.76. The van der Waals surface area contributed by atoms with Crippen molar-refractivity contribution in [2.45, 2.75) is 12.8 Å². The molecule has 1 saturated heterocycles. The predicted octanol–water partition coefficient (Wildman–Crippen LogP) is 1.35. The molecule has 1 aliphatic rings. The van der Waals surface area contributed by atoms with E-state index in [0.717, 1.165) is 37.8 Å². The van der Waals surface area contributed by atoms with Crippen molar-refractivity contribution in [1.29, 1.82) is 0 Å². The van der Waals surface area contributed by atoms with Gasteiger partial charge in [-0.3, -0.25) is 9.78 Å². The third-order valence-electron chi connectivity index (χ3n) is 3.67. The molecule has 3 rings (SSSR count). The van der Waals surface area contributed by atoms with E-state index in [4.69, 9.17) is 4.42 Å². The van der Waals surface area contributed by atoms with Crippen LogP contribution in [0.4, 0.5) is 5.82 Å². The van der Waals surface area contributed by atoms with Gasteiger partial charge in [0.2, 0.25) is 5.91 Å². The van der Waals surface area contributed by atoms with Crippen molar-refractivity contribution in [3.63, 3.8) is 0 Å². The number of nitrogens with zero attached hydrogens (tertiary/aromatic N) is 4. The maximum absolute atomic E-state index is 12.2. The highest BCUT2D eigenvalue weighted by Crippen LogP contribution is 2.13. The number of rotatable bonds is 4. The molecule has 110 valence electrons. The Morgan fingerprint density at radius 1 is 1.24 bits per heavy atom. The fraction of sp³-hybridized carbons (Fsp3) is 0.400. The van der Waals surface area contributed by atoms with E-state index in [2.05, 4.69) is 14.9 Å². The second-order valence-electron chi connectivity index (χ2n) is 5.01. The minimum Gasteiger partial charge on any atom is -0.469 e. The van der Waals surface area contributed by atoms with Gasteiger partial charge in [0.1, 0.15) is 11.6 Å². The third kappa shape index (κ3) is 3.39. The van der Waals surface area contributed by atoms with Crippen molar-refractivity contribution >= 4 is 11.7 Å². The van der Waals surface area contributed by atoms with Crippen molar-refractivity contribution in [1.82, 2.24) is 14.9 Å². The summed E-state index contributed by atoms with van der Waals surface area (Å²) in [6.45, 7) is 3.05. The lowest BCUT2D eigenvalue weighted by Gasteiger charge is -2.35. The van der Waals surface area contributed by atoms with E-state index < -0.39 is 0 Å². The van der Waals surface area contributed by atoms with Gasteiger partial charge >= 0.3 is 0 Å².